The molecular formula is C20H19ClN4O3. The smallest absolute Gasteiger partial charge is 0.307 e. The van der Waals surface area contributed by atoms with Gasteiger partial charge in [-0.05, 0) is 29.3 Å². The number of ether oxygens (including phenoxy) is 1. The van der Waals surface area contributed by atoms with Gasteiger partial charge in [0.15, 0.2) is 0 Å². The lowest BCUT2D eigenvalue weighted by molar-refractivity contribution is -0.141. The molecule has 0 aliphatic rings. The van der Waals surface area contributed by atoms with Crippen molar-refractivity contribution in [1.29, 1.82) is 0 Å². The topological polar surface area (TPSA) is 86.1 Å². The van der Waals surface area contributed by atoms with Crippen molar-refractivity contribution in [2.24, 2.45) is 0 Å². The molecule has 0 aliphatic heterocycles. The lowest BCUT2D eigenvalue weighted by atomic mass is 10.0. The van der Waals surface area contributed by atoms with Crippen LogP contribution in [0.3, 0.4) is 0 Å². The number of carbonyl (C=O) groups excluding carboxylic acids is 2. The number of amides is 1. The maximum Gasteiger partial charge on any atom is 0.307 e. The van der Waals surface area contributed by atoms with Crippen molar-refractivity contribution in [2.45, 2.75) is 19.0 Å². The van der Waals surface area contributed by atoms with E-state index in [1.165, 1.54) is 13.4 Å². The van der Waals surface area contributed by atoms with Crippen molar-refractivity contribution in [3.63, 3.8) is 0 Å². The van der Waals surface area contributed by atoms with Gasteiger partial charge in [0, 0.05) is 10.6 Å². The highest BCUT2D eigenvalue weighted by Crippen LogP contribution is 2.26. The molecule has 7 nitrogen and oxygen atoms in total. The number of benzene rings is 2. The molecule has 0 aliphatic carbocycles. The van der Waals surface area contributed by atoms with Crippen LogP contribution >= 0.6 is 11.6 Å². The van der Waals surface area contributed by atoms with E-state index in [4.69, 9.17) is 16.3 Å². The minimum absolute atomic E-state index is 0.0175. The number of esters is 1. The average molecular weight is 399 g/mol. The van der Waals surface area contributed by atoms with E-state index in [1.54, 1.807) is 47.4 Å². The van der Waals surface area contributed by atoms with E-state index in [-0.39, 0.29) is 12.3 Å². The minimum Gasteiger partial charge on any atom is -0.469 e. The molecule has 0 radical (unpaired) electrons. The number of rotatable bonds is 7. The third-order valence-corrected chi connectivity index (χ3v) is 4.56. The van der Waals surface area contributed by atoms with Gasteiger partial charge in [0.25, 0.3) is 5.91 Å². The molecule has 1 atom stereocenters. The molecule has 1 unspecified atom stereocenters. The van der Waals surface area contributed by atoms with Crippen molar-refractivity contribution in [2.75, 3.05) is 7.11 Å². The van der Waals surface area contributed by atoms with Gasteiger partial charge in [0.05, 0.1) is 26.1 Å². The van der Waals surface area contributed by atoms with Crippen LogP contribution < -0.4 is 5.32 Å². The van der Waals surface area contributed by atoms with Crippen LogP contribution in [0, 0.1) is 0 Å². The van der Waals surface area contributed by atoms with Crippen molar-refractivity contribution < 1.29 is 14.3 Å². The molecule has 1 amide bonds. The van der Waals surface area contributed by atoms with E-state index in [9.17, 15) is 9.59 Å². The van der Waals surface area contributed by atoms with Crippen molar-refractivity contribution in [1.82, 2.24) is 20.1 Å². The van der Waals surface area contributed by atoms with Gasteiger partial charge in [-0.2, -0.15) is 5.10 Å². The molecule has 1 heterocycles. The van der Waals surface area contributed by atoms with Crippen LogP contribution in [-0.2, 0) is 16.1 Å². The quantitative estimate of drug-likeness (QED) is 0.618. The summed E-state index contributed by atoms with van der Waals surface area (Å²) in [6.07, 6.45) is 3.08. The first-order chi connectivity index (χ1) is 13.6. The van der Waals surface area contributed by atoms with Gasteiger partial charge in [0.1, 0.15) is 12.7 Å². The van der Waals surface area contributed by atoms with Gasteiger partial charge in [-0.25, -0.2) is 9.67 Å². The molecular weight excluding hydrogens is 380 g/mol. The number of aromatic nitrogens is 3. The van der Waals surface area contributed by atoms with Crippen LogP contribution in [0.1, 0.15) is 33.9 Å². The Morgan fingerprint density at radius 1 is 1.18 bits per heavy atom. The fourth-order valence-electron chi connectivity index (χ4n) is 2.75. The second kappa shape index (κ2) is 9.14. The van der Waals surface area contributed by atoms with Gasteiger partial charge < -0.3 is 10.1 Å². The summed E-state index contributed by atoms with van der Waals surface area (Å²) in [4.78, 5) is 28.4. The zero-order valence-corrected chi connectivity index (χ0v) is 16.0. The predicted molar refractivity (Wildman–Crippen MR) is 104 cm³/mol. The molecule has 0 saturated heterocycles. The normalized spacial score (nSPS) is 11.6. The maximum absolute atomic E-state index is 12.7. The number of methoxy groups -OCH3 is 1. The number of halogens is 1. The Morgan fingerprint density at radius 3 is 2.57 bits per heavy atom. The first-order valence-electron chi connectivity index (χ1n) is 8.60. The number of nitrogens with zero attached hydrogens (tertiary/aromatic N) is 3. The van der Waals surface area contributed by atoms with Crippen molar-refractivity contribution in [3.05, 3.63) is 82.9 Å². The van der Waals surface area contributed by atoms with Crippen LogP contribution in [0.25, 0.3) is 0 Å². The molecule has 3 aromatic rings. The standard InChI is InChI=1S/C20H19ClN4O3/c1-28-19(26)10-18(16-4-2-3-5-17(16)21)24-20(27)15-8-6-14(7-9-15)11-25-13-22-12-23-25/h2-9,12-13,18H,10-11H2,1H3,(H,24,27). The molecule has 1 N–H and O–H groups in total. The first-order valence-corrected chi connectivity index (χ1v) is 8.98. The molecule has 2 aromatic carbocycles. The zero-order chi connectivity index (χ0) is 19.9. The maximum atomic E-state index is 12.7. The summed E-state index contributed by atoms with van der Waals surface area (Å²) >= 11 is 6.25. The average Bonchev–Trinajstić information content (AvgIpc) is 3.21. The summed E-state index contributed by atoms with van der Waals surface area (Å²) in [6.45, 7) is 0.562. The van der Waals surface area contributed by atoms with E-state index in [0.29, 0.717) is 22.7 Å². The summed E-state index contributed by atoms with van der Waals surface area (Å²) < 4.78 is 6.44. The lowest BCUT2D eigenvalue weighted by Gasteiger charge is -2.19. The molecule has 0 spiro atoms. The SMILES string of the molecule is COC(=O)CC(NC(=O)c1ccc(Cn2cncn2)cc1)c1ccccc1Cl. The Kier molecular flexibility index (Phi) is 6.39. The summed E-state index contributed by atoms with van der Waals surface area (Å²) in [5.41, 5.74) is 2.12. The van der Waals surface area contributed by atoms with Gasteiger partial charge in [0.2, 0.25) is 0 Å². The number of nitrogens with one attached hydrogen (secondary N) is 1. The molecule has 0 bridgehead atoms. The molecule has 8 heteroatoms. The zero-order valence-electron chi connectivity index (χ0n) is 15.2. The van der Waals surface area contributed by atoms with E-state index in [0.717, 1.165) is 5.56 Å². The van der Waals surface area contributed by atoms with Crippen LogP contribution in [-0.4, -0.2) is 33.8 Å². The fourth-order valence-corrected chi connectivity index (χ4v) is 3.02. The van der Waals surface area contributed by atoms with Crippen molar-refractivity contribution >= 4 is 23.5 Å². The van der Waals surface area contributed by atoms with Gasteiger partial charge in [-0.1, -0.05) is 41.9 Å². The molecule has 3 rings (SSSR count). The summed E-state index contributed by atoms with van der Waals surface area (Å²) in [5.74, 6) is -0.741. The second-order valence-electron chi connectivity index (χ2n) is 6.12. The number of carbonyl (C=O) groups is 2. The van der Waals surface area contributed by atoms with Gasteiger partial charge >= 0.3 is 5.97 Å². The Hall–Kier alpha value is -3.19. The Morgan fingerprint density at radius 2 is 1.93 bits per heavy atom. The lowest BCUT2D eigenvalue weighted by Crippen LogP contribution is -2.30. The van der Waals surface area contributed by atoms with E-state index < -0.39 is 12.0 Å². The Labute approximate surface area is 167 Å². The predicted octanol–water partition coefficient (Wildman–Crippen LogP) is 3.01. The highest BCUT2D eigenvalue weighted by Gasteiger charge is 2.21. The summed E-state index contributed by atoms with van der Waals surface area (Å²) in [5, 5.41) is 7.40. The Bertz CT molecular complexity index is 942. The van der Waals surface area contributed by atoms with Crippen LogP contribution in [0.15, 0.2) is 61.2 Å². The molecule has 0 saturated carbocycles. The Balaban J connectivity index is 1.74. The van der Waals surface area contributed by atoms with E-state index in [1.807, 2.05) is 12.1 Å². The van der Waals surface area contributed by atoms with Gasteiger partial charge in [-0.15, -0.1) is 0 Å². The highest BCUT2D eigenvalue weighted by molar-refractivity contribution is 6.31. The van der Waals surface area contributed by atoms with Crippen LogP contribution in [0.4, 0.5) is 0 Å². The molecule has 1 aromatic heterocycles. The first kappa shape index (κ1) is 19.6. The second-order valence-corrected chi connectivity index (χ2v) is 6.53. The fraction of sp³-hybridized carbons (Fsp3) is 0.200. The summed E-state index contributed by atoms with van der Waals surface area (Å²) in [7, 11) is 1.31. The third kappa shape index (κ3) is 4.95. The minimum atomic E-state index is -0.594. The van der Waals surface area contributed by atoms with E-state index >= 15 is 0 Å². The number of hydrogen-bond donors (Lipinski definition) is 1. The third-order valence-electron chi connectivity index (χ3n) is 4.21. The van der Waals surface area contributed by atoms with E-state index in [2.05, 4.69) is 15.4 Å². The number of hydrogen-bond acceptors (Lipinski definition) is 5. The van der Waals surface area contributed by atoms with Crippen molar-refractivity contribution in [3.8, 4) is 0 Å². The van der Waals surface area contributed by atoms with Crippen LogP contribution in [0.5, 0.6) is 0 Å². The summed E-state index contributed by atoms with van der Waals surface area (Å²) in [6, 6.07) is 13.6. The molecule has 28 heavy (non-hydrogen) atoms. The largest absolute Gasteiger partial charge is 0.469 e. The van der Waals surface area contributed by atoms with Crippen LogP contribution in [0.2, 0.25) is 5.02 Å². The molecule has 0 fully saturated rings. The highest BCUT2D eigenvalue weighted by atomic mass is 35.5. The molecule has 144 valence electrons. The monoisotopic (exact) mass is 398 g/mol. The van der Waals surface area contributed by atoms with Gasteiger partial charge in [-0.3, -0.25) is 9.59 Å².